The zero-order valence-corrected chi connectivity index (χ0v) is 9.37. The number of rotatable bonds is 4. The fourth-order valence-electron chi connectivity index (χ4n) is 1.10. The van der Waals surface area contributed by atoms with Gasteiger partial charge < -0.3 is 0 Å². The molecule has 0 saturated carbocycles. The summed E-state index contributed by atoms with van der Waals surface area (Å²) in [6.07, 6.45) is 2.70. The molecule has 0 radical (unpaired) electrons. The Morgan fingerprint density at radius 2 is 2.21 bits per heavy atom. The van der Waals surface area contributed by atoms with E-state index in [1.807, 2.05) is 13.8 Å². The van der Waals surface area contributed by atoms with Crippen molar-refractivity contribution in [2.24, 2.45) is 5.92 Å². The zero-order valence-electron chi connectivity index (χ0n) is 8.56. The van der Waals surface area contributed by atoms with Crippen LogP contribution in [0.3, 0.4) is 0 Å². The minimum Gasteiger partial charge on any atom is -0.268 e. The first-order valence-corrected chi connectivity index (χ1v) is 6.27. The molecule has 1 rings (SSSR count). The van der Waals surface area contributed by atoms with Crippen molar-refractivity contribution in [3.8, 4) is 0 Å². The third kappa shape index (κ3) is 3.37. The average Bonchev–Trinajstić information content (AvgIpc) is 2.32. The maximum absolute atomic E-state index is 11.0. The second-order valence-corrected chi connectivity index (χ2v) is 5.42. The van der Waals surface area contributed by atoms with E-state index in [1.165, 1.54) is 0 Å². The molecule has 0 atom stereocenters. The summed E-state index contributed by atoms with van der Waals surface area (Å²) in [6.45, 7) is 4.79. The Balaban J connectivity index is 2.83. The summed E-state index contributed by atoms with van der Waals surface area (Å²) < 4.78 is 26.0. The number of aromatic nitrogens is 2. The van der Waals surface area contributed by atoms with Gasteiger partial charge in [-0.2, -0.15) is 5.10 Å². The van der Waals surface area contributed by atoms with Crippen molar-refractivity contribution in [2.75, 3.05) is 11.0 Å². The van der Waals surface area contributed by atoms with Gasteiger partial charge in [0.05, 0.1) is 12.5 Å². The summed E-state index contributed by atoms with van der Waals surface area (Å²) in [7, 11) is -3.22. The van der Waals surface area contributed by atoms with Gasteiger partial charge in [-0.25, -0.2) is 13.1 Å². The molecule has 6 heteroatoms. The number of hydrogen-bond donors (Lipinski definition) is 1. The zero-order chi connectivity index (χ0) is 10.8. The van der Waals surface area contributed by atoms with Gasteiger partial charge in [-0.15, -0.1) is 0 Å². The van der Waals surface area contributed by atoms with Crippen LogP contribution < -0.4 is 4.72 Å². The van der Waals surface area contributed by atoms with E-state index < -0.39 is 10.0 Å². The van der Waals surface area contributed by atoms with Crippen molar-refractivity contribution in [3.63, 3.8) is 0 Å². The number of anilines is 1. The second kappa shape index (κ2) is 4.00. The third-order valence-electron chi connectivity index (χ3n) is 1.54. The number of sulfonamides is 1. The molecule has 0 unspecified atom stereocenters. The lowest BCUT2D eigenvalue weighted by molar-refractivity contribution is 0.488. The lowest BCUT2D eigenvalue weighted by atomic mass is 10.2. The van der Waals surface area contributed by atoms with Crippen LogP contribution in [0.2, 0.25) is 0 Å². The minimum absolute atomic E-state index is 0.426. The van der Waals surface area contributed by atoms with Crippen molar-refractivity contribution in [2.45, 2.75) is 20.4 Å². The molecule has 5 nitrogen and oxygen atoms in total. The van der Waals surface area contributed by atoms with Crippen molar-refractivity contribution in [1.82, 2.24) is 9.78 Å². The van der Waals surface area contributed by atoms with Crippen LogP contribution in [0, 0.1) is 5.92 Å². The topological polar surface area (TPSA) is 64.0 Å². The highest BCUT2D eigenvalue weighted by Gasteiger charge is 2.08. The van der Waals surface area contributed by atoms with Gasteiger partial charge in [0.25, 0.3) is 0 Å². The lowest BCUT2D eigenvalue weighted by Gasteiger charge is -2.09. The summed E-state index contributed by atoms with van der Waals surface area (Å²) in [4.78, 5) is 0. The molecular weight excluding hydrogens is 202 g/mol. The fraction of sp³-hybridized carbons (Fsp3) is 0.625. The highest BCUT2D eigenvalue weighted by Crippen LogP contribution is 2.10. The van der Waals surface area contributed by atoms with Gasteiger partial charge in [0, 0.05) is 12.6 Å². The summed E-state index contributed by atoms with van der Waals surface area (Å²) in [6, 6.07) is 1.64. The molecule has 0 aliphatic carbocycles. The first-order chi connectivity index (χ1) is 6.38. The number of nitrogens with zero attached hydrogens (tertiary/aromatic N) is 2. The summed E-state index contributed by atoms with van der Waals surface area (Å²) in [5.74, 6) is 0.941. The van der Waals surface area contributed by atoms with Crippen LogP contribution in [0.5, 0.6) is 0 Å². The average molecular weight is 217 g/mol. The normalized spacial score (nSPS) is 12.0. The number of hydrogen-bond acceptors (Lipinski definition) is 3. The van der Waals surface area contributed by atoms with Gasteiger partial charge >= 0.3 is 0 Å². The van der Waals surface area contributed by atoms with Gasteiger partial charge in [0.1, 0.15) is 5.82 Å². The molecule has 0 aliphatic heterocycles. The first kappa shape index (κ1) is 11.0. The van der Waals surface area contributed by atoms with Crippen molar-refractivity contribution >= 4 is 15.8 Å². The lowest BCUT2D eigenvalue weighted by Crippen LogP contribution is -2.15. The minimum atomic E-state index is -3.22. The smallest absolute Gasteiger partial charge is 0.230 e. The van der Waals surface area contributed by atoms with Gasteiger partial charge in [0.2, 0.25) is 10.0 Å². The second-order valence-electron chi connectivity index (χ2n) is 3.67. The molecule has 14 heavy (non-hydrogen) atoms. The Bertz CT molecular complexity index is 394. The van der Waals surface area contributed by atoms with Crippen LogP contribution >= 0.6 is 0 Å². The van der Waals surface area contributed by atoms with Crippen LogP contribution in [0.4, 0.5) is 5.82 Å². The molecule has 1 aromatic rings. The van der Waals surface area contributed by atoms with Crippen molar-refractivity contribution in [3.05, 3.63) is 12.3 Å². The van der Waals surface area contributed by atoms with Crippen LogP contribution in [-0.4, -0.2) is 24.5 Å². The van der Waals surface area contributed by atoms with E-state index in [0.29, 0.717) is 18.3 Å². The largest absolute Gasteiger partial charge is 0.268 e. The quantitative estimate of drug-likeness (QED) is 0.815. The molecule has 80 valence electrons. The molecule has 0 spiro atoms. The van der Waals surface area contributed by atoms with E-state index >= 15 is 0 Å². The van der Waals surface area contributed by atoms with Crippen molar-refractivity contribution in [1.29, 1.82) is 0 Å². The van der Waals surface area contributed by atoms with Crippen LogP contribution in [0.25, 0.3) is 0 Å². The van der Waals surface area contributed by atoms with E-state index in [0.717, 1.165) is 6.26 Å². The Morgan fingerprint density at radius 3 is 2.71 bits per heavy atom. The Hall–Kier alpha value is -1.04. The summed E-state index contributed by atoms with van der Waals surface area (Å²) in [5.41, 5.74) is 0. The van der Waals surface area contributed by atoms with E-state index in [2.05, 4.69) is 9.82 Å². The predicted octanol–water partition coefficient (Wildman–Crippen LogP) is 0.911. The molecule has 1 N–H and O–H groups in total. The molecule has 0 saturated heterocycles. The molecule has 0 bridgehead atoms. The molecule has 1 aromatic heterocycles. The van der Waals surface area contributed by atoms with Crippen LogP contribution in [0.15, 0.2) is 12.3 Å². The summed E-state index contributed by atoms with van der Waals surface area (Å²) in [5, 5.41) is 4.03. The molecular formula is C8H15N3O2S. The van der Waals surface area contributed by atoms with Gasteiger partial charge in [-0.05, 0) is 5.92 Å². The Labute approximate surface area is 84.2 Å². The molecule has 0 amide bonds. The highest BCUT2D eigenvalue weighted by atomic mass is 32.2. The van der Waals surface area contributed by atoms with E-state index in [1.54, 1.807) is 16.9 Å². The monoisotopic (exact) mass is 217 g/mol. The van der Waals surface area contributed by atoms with Crippen LogP contribution in [-0.2, 0) is 16.6 Å². The molecule has 0 aromatic carbocycles. The van der Waals surface area contributed by atoms with Crippen LogP contribution in [0.1, 0.15) is 13.8 Å². The standard InChI is InChI=1S/C8H15N3O2S/c1-7(2)6-11-8(4-5-9-11)10-14(3,12)13/h4-5,7,10H,6H2,1-3H3. The van der Waals surface area contributed by atoms with Crippen molar-refractivity contribution < 1.29 is 8.42 Å². The molecule has 0 fully saturated rings. The van der Waals surface area contributed by atoms with E-state index in [4.69, 9.17) is 0 Å². The molecule has 1 heterocycles. The molecule has 0 aliphatic rings. The van der Waals surface area contributed by atoms with Gasteiger partial charge in [-0.3, -0.25) is 4.72 Å². The Morgan fingerprint density at radius 1 is 1.57 bits per heavy atom. The maximum atomic E-state index is 11.0. The SMILES string of the molecule is CC(C)Cn1nccc1NS(C)(=O)=O. The predicted molar refractivity (Wildman–Crippen MR) is 55.5 cm³/mol. The number of nitrogens with one attached hydrogen (secondary N) is 1. The maximum Gasteiger partial charge on any atom is 0.230 e. The first-order valence-electron chi connectivity index (χ1n) is 4.38. The van der Waals surface area contributed by atoms with Gasteiger partial charge in [-0.1, -0.05) is 13.8 Å². The van der Waals surface area contributed by atoms with E-state index in [9.17, 15) is 8.42 Å². The summed E-state index contributed by atoms with van der Waals surface area (Å²) >= 11 is 0. The Kier molecular flexibility index (Phi) is 3.15. The third-order valence-corrected chi connectivity index (χ3v) is 2.12. The fourth-order valence-corrected chi connectivity index (χ4v) is 1.65. The highest BCUT2D eigenvalue weighted by molar-refractivity contribution is 7.92. The van der Waals surface area contributed by atoms with Gasteiger partial charge in [0.15, 0.2) is 0 Å². The van der Waals surface area contributed by atoms with E-state index in [-0.39, 0.29) is 0 Å².